The highest BCUT2D eigenvalue weighted by atomic mass is 32.1. The van der Waals surface area contributed by atoms with Crippen LogP contribution in [0.15, 0.2) is 72.1 Å². The van der Waals surface area contributed by atoms with Crippen molar-refractivity contribution in [3.63, 3.8) is 0 Å². The lowest BCUT2D eigenvalue weighted by Crippen LogP contribution is -2.41. The number of para-hydroxylation sites is 1. The largest absolute Gasteiger partial charge is 0.454 e. The van der Waals surface area contributed by atoms with Crippen LogP contribution in [0.2, 0.25) is 0 Å². The van der Waals surface area contributed by atoms with E-state index in [1.807, 2.05) is 53.9 Å². The zero-order valence-electron chi connectivity index (χ0n) is 16.8. The van der Waals surface area contributed by atoms with Gasteiger partial charge in [0.25, 0.3) is 11.8 Å². The third kappa shape index (κ3) is 4.83. The molecule has 4 rings (SSSR count). The normalized spacial score (nSPS) is 15.5. The van der Waals surface area contributed by atoms with Crippen molar-refractivity contribution in [2.45, 2.75) is 18.9 Å². The molecule has 0 radical (unpaired) electrons. The Hall–Kier alpha value is -3.45. The summed E-state index contributed by atoms with van der Waals surface area (Å²) in [6.07, 6.45) is 1.27. The SMILES string of the molecule is O=C(COC(=O)[C@@H]1CCCN1C(=O)c1cccs1)Nc1ccccc1-c1ccccc1. The third-order valence-corrected chi connectivity index (χ3v) is 6.01. The summed E-state index contributed by atoms with van der Waals surface area (Å²) in [5.41, 5.74) is 2.50. The Bertz CT molecular complexity index is 1070. The molecule has 0 saturated carbocycles. The summed E-state index contributed by atoms with van der Waals surface area (Å²) in [4.78, 5) is 39.8. The molecule has 1 aliphatic rings. The number of esters is 1. The fraction of sp³-hybridized carbons (Fsp3) is 0.208. The number of nitrogens with one attached hydrogen (secondary N) is 1. The number of amides is 2. The first-order valence-electron chi connectivity index (χ1n) is 10.1. The second-order valence-electron chi connectivity index (χ2n) is 7.20. The van der Waals surface area contributed by atoms with Gasteiger partial charge in [-0.1, -0.05) is 54.6 Å². The first kappa shape index (κ1) is 20.8. The summed E-state index contributed by atoms with van der Waals surface area (Å²) in [6.45, 7) is 0.104. The van der Waals surface area contributed by atoms with Gasteiger partial charge in [-0.2, -0.15) is 0 Å². The Labute approximate surface area is 184 Å². The zero-order chi connectivity index (χ0) is 21.6. The molecule has 0 aliphatic carbocycles. The van der Waals surface area contributed by atoms with E-state index in [0.29, 0.717) is 23.5 Å². The number of carbonyl (C=O) groups is 3. The number of benzene rings is 2. The van der Waals surface area contributed by atoms with Gasteiger partial charge < -0.3 is 15.0 Å². The van der Waals surface area contributed by atoms with Gasteiger partial charge in [-0.05, 0) is 35.9 Å². The molecule has 31 heavy (non-hydrogen) atoms. The van der Waals surface area contributed by atoms with Gasteiger partial charge in [0.1, 0.15) is 6.04 Å². The van der Waals surface area contributed by atoms with E-state index in [1.54, 1.807) is 18.2 Å². The van der Waals surface area contributed by atoms with E-state index in [1.165, 1.54) is 16.2 Å². The predicted octanol–water partition coefficient (Wildman–Crippen LogP) is 4.20. The minimum absolute atomic E-state index is 0.171. The quantitative estimate of drug-likeness (QED) is 0.590. The highest BCUT2D eigenvalue weighted by Crippen LogP contribution is 2.27. The first-order chi connectivity index (χ1) is 15.1. The second-order valence-corrected chi connectivity index (χ2v) is 8.15. The summed E-state index contributed by atoms with van der Waals surface area (Å²) in [5.74, 6) is -1.14. The molecule has 1 saturated heterocycles. The molecule has 6 nitrogen and oxygen atoms in total. The van der Waals surface area contributed by atoms with Gasteiger partial charge in [-0.25, -0.2) is 4.79 Å². The van der Waals surface area contributed by atoms with Crippen molar-refractivity contribution in [3.8, 4) is 11.1 Å². The van der Waals surface area contributed by atoms with E-state index in [-0.39, 0.29) is 5.91 Å². The van der Waals surface area contributed by atoms with E-state index in [2.05, 4.69) is 5.32 Å². The number of hydrogen-bond donors (Lipinski definition) is 1. The predicted molar refractivity (Wildman–Crippen MR) is 120 cm³/mol. The van der Waals surface area contributed by atoms with Crippen LogP contribution in [0, 0.1) is 0 Å². The molecule has 2 amide bonds. The lowest BCUT2D eigenvalue weighted by atomic mass is 10.0. The van der Waals surface area contributed by atoms with Gasteiger partial charge >= 0.3 is 5.97 Å². The van der Waals surface area contributed by atoms with Crippen molar-refractivity contribution in [3.05, 3.63) is 77.0 Å². The van der Waals surface area contributed by atoms with Crippen LogP contribution in [-0.4, -0.2) is 41.9 Å². The molecule has 1 N–H and O–H groups in total. The maximum absolute atomic E-state index is 12.6. The Kier molecular flexibility index (Phi) is 6.43. The van der Waals surface area contributed by atoms with Crippen molar-refractivity contribution in [1.82, 2.24) is 4.90 Å². The molecule has 1 aliphatic heterocycles. The van der Waals surface area contributed by atoms with E-state index in [0.717, 1.165) is 17.5 Å². The van der Waals surface area contributed by atoms with Crippen molar-refractivity contribution < 1.29 is 19.1 Å². The van der Waals surface area contributed by atoms with E-state index < -0.39 is 24.5 Å². The number of ether oxygens (including phenoxy) is 1. The lowest BCUT2D eigenvalue weighted by molar-refractivity contribution is -0.151. The standard InChI is InChI=1S/C24H22N2O4S/c27-22(25-19-11-5-4-10-18(19)17-8-2-1-3-9-17)16-30-24(29)20-12-6-14-26(20)23(28)21-13-7-15-31-21/h1-5,7-11,13,15,20H,6,12,14,16H2,(H,25,27)/t20-/m0/s1. The number of thiophene rings is 1. The first-order valence-corrected chi connectivity index (χ1v) is 11.0. The number of carbonyl (C=O) groups excluding carboxylic acids is 3. The van der Waals surface area contributed by atoms with Gasteiger partial charge in [0.15, 0.2) is 6.61 Å². The van der Waals surface area contributed by atoms with Crippen LogP contribution < -0.4 is 5.32 Å². The topological polar surface area (TPSA) is 75.7 Å². The Balaban J connectivity index is 1.36. The maximum Gasteiger partial charge on any atom is 0.329 e. The Morgan fingerprint density at radius 2 is 1.77 bits per heavy atom. The average Bonchev–Trinajstić information content (AvgIpc) is 3.50. The van der Waals surface area contributed by atoms with E-state index >= 15 is 0 Å². The van der Waals surface area contributed by atoms with Crippen LogP contribution in [-0.2, 0) is 14.3 Å². The van der Waals surface area contributed by atoms with Crippen molar-refractivity contribution >= 4 is 34.8 Å². The summed E-state index contributed by atoms with van der Waals surface area (Å²) < 4.78 is 5.26. The van der Waals surface area contributed by atoms with Gasteiger partial charge in [-0.15, -0.1) is 11.3 Å². The van der Waals surface area contributed by atoms with Gasteiger partial charge in [0, 0.05) is 17.8 Å². The molecular formula is C24H22N2O4S. The van der Waals surface area contributed by atoms with Crippen LogP contribution in [0.4, 0.5) is 5.69 Å². The molecule has 0 bridgehead atoms. The molecular weight excluding hydrogens is 412 g/mol. The summed E-state index contributed by atoms with van der Waals surface area (Å²) in [5, 5.41) is 4.64. The van der Waals surface area contributed by atoms with Crippen LogP contribution in [0.1, 0.15) is 22.5 Å². The monoisotopic (exact) mass is 434 g/mol. The van der Waals surface area contributed by atoms with Crippen molar-refractivity contribution in [1.29, 1.82) is 0 Å². The smallest absolute Gasteiger partial charge is 0.329 e. The number of hydrogen-bond acceptors (Lipinski definition) is 5. The lowest BCUT2D eigenvalue weighted by Gasteiger charge is -2.22. The van der Waals surface area contributed by atoms with Crippen molar-refractivity contribution in [2.24, 2.45) is 0 Å². The maximum atomic E-state index is 12.6. The molecule has 7 heteroatoms. The number of rotatable bonds is 6. The molecule has 0 spiro atoms. The molecule has 1 atom stereocenters. The summed E-state index contributed by atoms with van der Waals surface area (Å²) in [6, 6.07) is 20.1. The highest BCUT2D eigenvalue weighted by molar-refractivity contribution is 7.12. The fourth-order valence-corrected chi connectivity index (χ4v) is 4.36. The summed E-state index contributed by atoms with van der Waals surface area (Å²) in [7, 11) is 0. The molecule has 1 fully saturated rings. The molecule has 0 unspecified atom stereocenters. The molecule has 3 aromatic rings. The van der Waals surface area contributed by atoms with E-state index in [9.17, 15) is 14.4 Å². The summed E-state index contributed by atoms with van der Waals surface area (Å²) >= 11 is 1.34. The second kappa shape index (κ2) is 9.57. The van der Waals surface area contributed by atoms with Crippen molar-refractivity contribution in [2.75, 3.05) is 18.5 Å². The van der Waals surface area contributed by atoms with Crippen LogP contribution >= 0.6 is 11.3 Å². The van der Waals surface area contributed by atoms with E-state index in [4.69, 9.17) is 4.74 Å². The van der Waals surface area contributed by atoms with Gasteiger partial charge in [-0.3, -0.25) is 9.59 Å². The van der Waals surface area contributed by atoms with Gasteiger partial charge in [0.05, 0.1) is 4.88 Å². The van der Waals surface area contributed by atoms with Crippen LogP contribution in [0.5, 0.6) is 0 Å². The number of likely N-dealkylation sites (tertiary alicyclic amines) is 1. The minimum atomic E-state index is -0.654. The third-order valence-electron chi connectivity index (χ3n) is 5.15. The Morgan fingerprint density at radius 3 is 2.55 bits per heavy atom. The average molecular weight is 435 g/mol. The molecule has 158 valence electrons. The zero-order valence-corrected chi connectivity index (χ0v) is 17.6. The number of nitrogens with zero attached hydrogens (tertiary/aromatic N) is 1. The highest BCUT2D eigenvalue weighted by Gasteiger charge is 2.36. The molecule has 1 aromatic heterocycles. The van der Waals surface area contributed by atoms with Crippen LogP contribution in [0.3, 0.4) is 0 Å². The van der Waals surface area contributed by atoms with Crippen LogP contribution in [0.25, 0.3) is 11.1 Å². The van der Waals surface area contributed by atoms with Gasteiger partial charge in [0.2, 0.25) is 0 Å². The Morgan fingerprint density at radius 1 is 1.00 bits per heavy atom. The fourth-order valence-electron chi connectivity index (χ4n) is 3.68. The number of anilines is 1. The molecule has 2 heterocycles. The minimum Gasteiger partial charge on any atom is -0.454 e. The molecule has 2 aromatic carbocycles.